The second-order valence-electron chi connectivity index (χ2n) is 4.78. The van der Waals surface area contributed by atoms with Crippen LogP contribution in [0.1, 0.15) is 26.7 Å². The van der Waals surface area contributed by atoms with Gasteiger partial charge in [-0.3, -0.25) is 0 Å². The molecular weight excluding hydrogens is 224 g/mol. The Hall–Kier alpha value is -1.30. The Morgan fingerprint density at radius 2 is 2.06 bits per heavy atom. The lowest BCUT2D eigenvalue weighted by Gasteiger charge is -2.28. The van der Waals surface area contributed by atoms with Crippen LogP contribution in [0.5, 0.6) is 0 Å². The monoisotopic (exact) mass is 244 g/mol. The van der Waals surface area contributed by atoms with Gasteiger partial charge in [0.05, 0.1) is 6.61 Å². The maximum atomic E-state index is 11.9. The highest BCUT2D eigenvalue weighted by Gasteiger charge is 2.36. The third kappa shape index (κ3) is 3.89. The van der Waals surface area contributed by atoms with E-state index in [-0.39, 0.29) is 12.1 Å². The second kappa shape index (κ2) is 5.35. The van der Waals surface area contributed by atoms with Crippen LogP contribution >= 0.6 is 0 Å². The van der Waals surface area contributed by atoms with E-state index in [1.54, 1.807) is 12.0 Å². The van der Waals surface area contributed by atoms with Crippen molar-refractivity contribution in [1.82, 2.24) is 10.2 Å². The molecule has 1 aliphatic carbocycles. The average molecular weight is 244 g/mol. The number of hydrogen-bond donors (Lipinski definition) is 2. The molecule has 1 fully saturated rings. The number of nitrogens with one attached hydrogen (secondary N) is 1. The third-order valence-electron chi connectivity index (χ3n) is 2.74. The lowest BCUT2D eigenvalue weighted by molar-refractivity contribution is -0.143. The predicted octanol–water partition coefficient (Wildman–Crippen LogP) is 0.670. The van der Waals surface area contributed by atoms with E-state index in [9.17, 15) is 9.59 Å². The maximum Gasteiger partial charge on any atom is 0.328 e. The van der Waals surface area contributed by atoms with Gasteiger partial charge in [-0.15, -0.1) is 0 Å². The molecule has 0 aromatic carbocycles. The van der Waals surface area contributed by atoms with Gasteiger partial charge in [0.2, 0.25) is 0 Å². The molecule has 1 rings (SSSR count). The van der Waals surface area contributed by atoms with E-state index >= 15 is 0 Å². The molecule has 0 spiro atoms. The number of hydrogen-bond acceptors (Lipinski definition) is 3. The van der Waals surface area contributed by atoms with Crippen LogP contribution < -0.4 is 5.32 Å². The molecule has 6 nitrogen and oxygen atoms in total. The molecule has 98 valence electrons. The summed E-state index contributed by atoms with van der Waals surface area (Å²) in [5.74, 6) is -1.05. The first kappa shape index (κ1) is 13.8. The first-order valence-corrected chi connectivity index (χ1v) is 5.69. The van der Waals surface area contributed by atoms with E-state index in [2.05, 4.69) is 5.32 Å². The predicted molar refractivity (Wildman–Crippen MR) is 61.9 cm³/mol. The Morgan fingerprint density at radius 3 is 2.47 bits per heavy atom. The van der Waals surface area contributed by atoms with Crippen LogP contribution in [-0.2, 0) is 9.53 Å². The van der Waals surface area contributed by atoms with Crippen LogP contribution in [0, 0.1) is 0 Å². The van der Waals surface area contributed by atoms with Gasteiger partial charge in [0.25, 0.3) is 0 Å². The molecule has 1 aliphatic rings. The summed E-state index contributed by atoms with van der Waals surface area (Å²) in [6.07, 6.45) is 1.95. The minimum absolute atomic E-state index is 0.231. The molecule has 0 radical (unpaired) electrons. The summed E-state index contributed by atoms with van der Waals surface area (Å²) in [6.45, 7) is 3.88. The lowest BCUT2D eigenvalue weighted by Crippen LogP contribution is -2.55. The minimum atomic E-state index is -1.25. The molecule has 0 unspecified atom stereocenters. The molecule has 0 aromatic rings. The first-order chi connectivity index (χ1) is 7.88. The zero-order chi connectivity index (χ0) is 13.1. The summed E-state index contributed by atoms with van der Waals surface area (Å²) in [5, 5.41) is 11.5. The van der Waals surface area contributed by atoms with Gasteiger partial charge in [-0.25, -0.2) is 9.59 Å². The van der Waals surface area contributed by atoms with Crippen molar-refractivity contribution < 1.29 is 19.4 Å². The number of carbonyl (C=O) groups excluding carboxylic acids is 1. The number of aliphatic carboxylic acids is 1. The van der Waals surface area contributed by atoms with E-state index in [0.29, 0.717) is 13.2 Å². The van der Waals surface area contributed by atoms with E-state index in [1.807, 2.05) is 0 Å². The fourth-order valence-electron chi connectivity index (χ4n) is 1.42. The van der Waals surface area contributed by atoms with Crippen molar-refractivity contribution in [2.24, 2.45) is 0 Å². The minimum Gasteiger partial charge on any atom is -0.480 e. The molecule has 2 N–H and O–H groups in total. The molecule has 2 amide bonds. The number of urea groups is 1. The number of carbonyl (C=O) groups is 2. The van der Waals surface area contributed by atoms with Crippen molar-refractivity contribution in [3.8, 4) is 0 Å². The number of rotatable bonds is 6. The Kier molecular flexibility index (Phi) is 4.34. The number of nitrogens with zero attached hydrogens (tertiary/aromatic N) is 1. The first-order valence-electron chi connectivity index (χ1n) is 5.69. The van der Waals surface area contributed by atoms with Gasteiger partial charge >= 0.3 is 12.0 Å². The van der Waals surface area contributed by atoms with Crippen LogP contribution in [0.3, 0.4) is 0 Å². The highest BCUT2D eigenvalue weighted by molar-refractivity contribution is 5.85. The van der Waals surface area contributed by atoms with E-state index in [0.717, 1.165) is 12.8 Å². The second-order valence-corrected chi connectivity index (χ2v) is 4.78. The summed E-state index contributed by atoms with van der Waals surface area (Å²) in [7, 11) is 1.57. The zero-order valence-corrected chi connectivity index (χ0v) is 10.5. The number of carboxylic acids is 1. The summed E-state index contributed by atoms with van der Waals surface area (Å²) in [6, 6.07) is -0.105. The quantitative estimate of drug-likeness (QED) is 0.719. The van der Waals surface area contributed by atoms with Gasteiger partial charge in [0.1, 0.15) is 5.54 Å². The van der Waals surface area contributed by atoms with Gasteiger partial charge in [0, 0.05) is 19.7 Å². The lowest BCUT2D eigenvalue weighted by atomic mass is 10.1. The summed E-state index contributed by atoms with van der Waals surface area (Å²) in [4.78, 5) is 24.5. The molecule has 0 aliphatic heterocycles. The molecule has 17 heavy (non-hydrogen) atoms. The van der Waals surface area contributed by atoms with Crippen LogP contribution in [-0.4, -0.2) is 53.8 Å². The normalized spacial score (nSPS) is 15.5. The van der Waals surface area contributed by atoms with Crippen molar-refractivity contribution in [2.75, 3.05) is 20.3 Å². The molecule has 0 heterocycles. The van der Waals surface area contributed by atoms with Gasteiger partial charge in [0.15, 0.2) is 0 Å². The smallest absolute Gasteiger partial charge is 0.328 e. The summed E-state index contributed by atoms with van der Waals surface area (Å²) >= 11 is 0. The standard InChI is InChI=1S/C11H20N2O4/c1-11(2,9(14)15)12-10(16)13(6-7-17-3)8-4-5-8/h8H,4-7H2,1-3H3,(H,12,16)(H,14,15). The molecule has 1 saturated carbocycles. The van der Waals surface area contributed by atoms with E-state index in [4.69, 9.17) is 9.84 Å². The Bertz CT molecular complexity index is 300. The highest BCUT2D eigenvalue weighted by atomic mass is 16.5. The van der Waals surface area contributed by atoms with Gasteiger partial charge in [-0.05, 0) is 26.7 Å². The molecule has 0 bridgehead atoms. The number of ether oxygens (including phenoxy) is 1. The molecular formula is C11H20N2O4. The fourth-order valence-corrected chi connectivity index (χ4v) is 1.42. The number of amides is 2. The number of methoxy groups -OCH3 is 1. The van der Waals surface area contributed by atoms with Gasteiger partial charge < -0.3 is 20.1 Å². The highest BCUT2D eigenvalue weighted by Crippen LogP contribution is 2.26. The Labute approximate surface area is 101 Å². The summed E-state index contributed by atoms with van der Waals surface area (Å²) < 4.78 is 4.94. The third-order valence-corrected chi connectivity index (χ3v) is 2.74. The van der Waals surface area contributed by atoms with Crippen molar-refractivity contribution in [3.05, 3.63) is 0 Å². The Balaban J connectivity index is 2.56. The molecule has 0 atom stereocenters. The zero-order valence-electron chi connectivity index (χ0n) is 10.5. The van der Waals surface area contributed by atoms with Gasteiger partial charge in [-0.2, -0.15) is 0 Å². The molecule has 6 heteroatoms. The maximum absolute atomic E-state index is 11.9. The fraction of sp³-hybridized carbons (Fsp3) is 0.818. The van der Waals surface area contributed by atoms with Crippen molar-refractivity contribution in [3.63, 3.8) is 0 Å². The molecule has 0 saturated heterocycles. The van der Waals surface area contributed by atoms with Gasteiger partial charge in [-0.1, -0.05) is 0 Å². The van der Waals surface area contributed by atoms with Crippen molar-refractivity contribution in [1.29, 1.82) is 0 Å². The molecule has 0 aromatic heterocycles. The van der Waals surface area contributed by atoms with Crippen LogP contribution in [0.2, 0.25) is 0 Å². The Morgan fingerprint density at radius 1 is 1.47 bits per heavy atom. The average Bonchev–Trinajstić information content (AvgIpc) is 3.01. The topological polar surface area (TPSA) is 78.9 Å². The number of carboxylic acid groups (broad SMARTS) is 1. The SMILES string of the molecule is COCCN(C(=O)NC(C)(C)C(=O)O)C1CC1. The van der Waals surface area contributed by atoms with Crippen LogP contribution in [0.15, 0.2) is 0 Å². The largest absolute Gasteiger partial charge is 0.480 e. The van der Waals surface area contributed by atoms with Crippen LogP contribution in [0.4, 0.5) is 4.79 Å². The van der Waals surface area contributed by atoms with Crippen LogP contribution in [0.25, 0.3) is 0 Å². The van der Waals surface area contributed by atoms with Crippen molar-refractivity contribution in [2.45, 2.75) is 38.3 Å². The van der Waals surface area contributed by atoms with E-state index < -0.39 is 11.5 Å². The van der Waals surface area contributed by atoms with E-state index in [1.165, 1.54) is 13.8 Å². The van der Waals surface area contributed by atoms with Crippen molar-refractivity contribution >= 4 is 12.0 Å². The summed E-state index contributed by atoms with van der Waals surface area (Å²) in [5.41, 5.74) is -1.25.